The first-order valence-corrected chi connectivity index (χ1v) is 5.34. The Morgan fingerprint density at radius 3 is 2.25 bits per heavy atom. The van der Waals surface area contributed by atoms with Gasteiger partial charge in [0.25, 0.3) is 0 Å². The minimum absolute atomic E-state index is 0.812. The molecule has 0 aromatic rings. The molecule has 0 fully saturated rings. The average molecular weight is 172 g/mol. The summed E-state index contributed by atoms with van der Waals surface area (Å²) in [4.78, 5) is 0. The van der Waals surface area contributed by atoms with Crippen molar-refractivity contribution in [2.75, 3.05) is 13.7 Å². The molecule has 1 nitrogen and oxygen atoms in total. The molecule has 1 atom stereocenters. The van der Waals surface area contributed by atoms with Crippen LogP contribution in [-0.2, 0) is 4.74 Å². The molecule has 0 saturated heterocycles. The van der Waals surface area contributed by atoms with Gasteiger partial charge in [-0.05, 0) is 18.8 Å². The number of hydrogen-bond acceptors (Lipinski definition) is 1. The Morgan fingerprint density at radius 1 is 1.00 bits per heavy atom. The van der Waals surface area contributed by atoms with E-state index < -0.39 is 0 Å². The van der Waals surface area contributed by atoms with Crippen molar-refractivity contribution in [2.45, 2.75) is 52.4 Å². The van der Waals surface area contributed by atoms with E-state index in [1.165, 1.54) is 38.5 Å². The highest BCUT2D eigenvalue weighted by atomic mass is 16.5. The summed E-state index contributed by atoms with van der Waals surface area (Å²) in [7, 11) is 1.81. The first kappa shape index (κ1) is 12.0. The Bertz CT molecular complexity index is 75.1. The summed E-state index contributed by atoms with van der Waals surface area (Å²) in [5, 5.41) is 0. The van der Waals surface area contributed by atoms with Crippen LogP contribution < -0.4 is 0 Å². The van der Waals surface area contributed by atoms with Gasteiger partial charge in [0, 0.05) is 13.7 Å². The standard InChI is InChI=1S/C11H24O/c1-4-6-7-9-11(8-5-2)10-12-3/h11H,4-10H2,1-3H3. The number of hydrogen-bond donors (Lipinski definition) is 0. The Labute approximate surface area is 77.5 Å². The second kappa shape index (κ2) is 9.05. The number of methoxy groups -OCH3 is 1. The van der Waals surface area contributed by atoms with Crippen LogP contribution in [0.5, 0.6) is 0 Å². The van der Waals surface area contributed by atoms with Gasteiger partial charge in [0.15, 0.2) is 0 Å². The highest BCUT2D eigenvalue weighted by Gasteiger charge is 2.05. The van der Waals surface area contributed by atoms with Crippen molar-refractivity contribution in [3.63, 3.8) is 0 Å². The maximum Gasteiger partial charge on any atom is 0.0490 e. The van der Waals surface area contributed by atoms with Crippen LogP contribution in [0.3, 0.4) is 0 Å². The Hall–Kier alpha value is -0.0400. The molecule has 0 aliphatic heterocycles. The van der Waals surface area contributed by atoms with Crippen LogP contribution in [0.15, 0.2) is 0 Å². The molecular weight excluding hydrogens is 148 g/mol. The maximum atomic E-state index is 5.19. The smallest absolute Gasteiger partial charge is 0.0490 e. The third-order valence-corrected chi connectivity index (χ3v) is 2.32. The Balaban J connectivity index is 3.34. The van der Waals surface area contributed by atoms with Gasteiger partial charge in [-0.1, -0.05) is 39.5 Å². The van der Waals surface area contributed by atoms with Crippen LogP contribution in [0, 0.1) is 5.92 Å². The molecule has 0 bridgehead atoms. The highest BCUT2D eigenvalue weighted by molar-refractivity contribution is 4.57. The maximum absolute atomic E-state index is 5.19. The minimum atomic E-state index is 0.812. The fraction of sp³-hybridized carbons (Fsp3) is 1.00. The van der Waals surface area contributed by atoms with Crippen LogP contribution in [0.1, 0.15) is 52.4 Å². The molecule has 0 aliphatic rings. The lowest BCUT2D eigenvalue weighted by Gasteiger charge is -2.14. The van der Waals surface area contributed by atoms with E-state index in [-0.39, 0.29) is 0 Å². The summed E-state index contributed by atoms with van der Waals surface area (Å²) in [5.41, 5.74) is 0. The Kier molecular flexibility index (Phi) is 9.02. The van der Waals surface area contributed by atoms with E-state index in [0.717, 1.165) is 12.5 Å². The zero-order valence-corrected chi connectivity index (χ0v) is 8.94. The lowest BCUT2D eigenvalue weighted by atomic mass is 9.97. The second-order valence-electron chi connectivity index (χ2n) is 3.61. The number of unbranched alkanes of at least 4 members (excludes halogenated alkanes) is 2. The summed E-state index contributed by atoms with van der Waals surface area (Å²) in [6, 6.07) is 0. The summed E-state index contributed by atoms with van der Waals surface area (Å²) >= 11 is 0. The minimum Gasteiger partial charge on any atom is -0.384 e. The van der Waals surface area contributed by atoms with Crippen molar-refractivity contribution in [3.05, 3.63) is 0 Å². The largest absolute Gasteiger partial charge is 0.384 e. The van der Waals surface area contributed by atoms with Crippen molar-refractivity contribution in [1.82, 2.24) is 0 Å². The van der Waals surface area contributed by atoms with E-state index in [9.17, 15) is 0 Å². The second-order valence-corrected chi connectivity index (χ2v) is 3.61. The van der Waals surface area contributed by atoms with E-state index in [1.54, 1.807) is 0 Å². The molecule has 12 heavy (non-hydrogen) atoms. The first-order valence-electron chi connectivity index (χ1n) is 5.34. The predicted octanol–water partition coefficient (Wildman–Crippen LogP) is 3.63. The molecule has 0 aliphatic carbocycles. The van der Waals surface area contributed by atoms with Gasteiger partial charge in [-0.3, -0.25) is 0 Å². The van der Waals surface area contributed by atoms with Crippen molar-refractivity contribution >= 4 is 0 Å². The monoisotopic (exact) mass is 172 g/mol. The fourth-order valence-electron chi connectivity index (χ4n) is 1.64. The molecule has 0 heterocycles. The van der Waals surface area contributed by atoms with Crippen molar-refractivity contribution in [1.29, 1.82) is 0 Å². The molecule has 0 saturated carbocycles. The fourth-order valence-corrected chi connectivity index (χ4v) is 1.64. The molecule has 74 valence electrons. The van der Waals surface area contributed by atoms with Gasteiger partial charge >= 0.3 is 0 Å². The van der Waals surface area contributed by atoms with Gasteiger partial charge in [0.1, 0.15) is 0 Å². The van der Waals surface area contributed by atoms with Gasteiger partial charge in [-0.15, -0.1) is 0 Å². The zero-order valence-electron chi connectivity index (χ0n) is 8.94. The van der Waals surface area contributed by atoms with Crippen LogP contribution in [0.25, 0.3) is 0 Å². The van der Waals surface area contributed by atoms with Gasteiger partial charge < -0.3 is 4.74 Å². The van der Waals surface area contributed by atoms with Gasteiger partial charge in [-0.2, -0.15) is 0 Å². The van der Waals surface area contributed by atoms with Crippen LogP contribution in [0.4, 0.5) is 0 Å². The van der Waals surface area contributed by atoms with Crippen molar-refractivity contribution < 1.29 is 4.74 Å². The van der Waals surface area contributed by atoms with Crippen LogP contribution in [0.2, 0.25) is 0 Å². The SMILES string of the molecule is CCCCCC(CCC)COC. The summed E-state index contributed by atoms with van der Waals surface area (Å²) in [6.07, 6.45) is 8.06. The third-order valence-electron chi connectivity index (χ3n) is 2.32. The molecule has 1 heteroatoms. The molecule has 0 amide bonds. The molecular formula is C11H24O. The van der Waals surface area contributed by atoms with E-state index in [4.69, 9.17) is 4.74 Å². The van der Waals surface area contributed by atoms with Gasteiger partial charge in [0.05, 0.1) is 0 Å². The lowest BCUT2D eigenvalue weighted by molar-refractivity contribution is 0.141. The molecule has 0 aromatic heterocycles. The quantitative estimate of drug-likeness (QED) is 0.508. The average Bonchev–Trinajstić information content (AvgIpc) is 2.06. The van der Waals surface area contributed by atoms with Gasteiger partial charge in [-0.25, -0.2) is 0 Å². The molecule has 1 unspecified atom stereocenters. The topological polar surface area (TPSA) is 9.23 Å². The van der Waals surface area contributed by atoms with E-state index in [1.807, 2.05) is 7.11 Å². The van der Waals surface area contributed by atoms with Crippen LogP contribution in [-0.4, -0.2) is 13.7 Å². The van der Waals surface area contributed by atoms with Gasteiger partial charge in [0.2, 0.25) is 0 Å². The Morgan fingerprint density at radius 2 is 1.75 bits per heavy atom. The zero-order chi connectivity index (χ0) is 9.23. The van der Waals surface area contributed by atoms with E-state index in [0.29, 0.717) is 0 Å². The number of ether oxygens (including phenoxy) is 1. The summed E-state index contributed by atoms with van der Waals surface area (Å²) < 4.78 is 5.19. The summed E-state index contributed by atoms with van der Waals surface area (Å²) in [6.45, 7) is 5.46. The van der Waals surface area contributed by atoms with Crippen molar-refractivity contribution in [2.24, 2.45) is 5.92 Å². The first-order chi connectivity index (χ1) is 5.85. The predicted molar refractivity (Wildman–Crippen MR) is 54.4 cm³/mol. The molecule has 0 radical (unpaired) electrons. The number of rotatable bonds is 8. The molecule has 0 rings (SSSR count). The van der Waals surface area contributed by atoms with E-state index in [2.05, 4.69) is 13.8 Å². The van der Waals surface area contributed by atoms with E-state index >= 15 is 0 Å². The normalized spacial score (nSPS) is 13.2. The van der Waals surface area contributed by atoms with Crippen molar-refractivity contribution in [3.8, 4) is 0 Å². The molecule has 0 spiro atoms. The molecule has 0 N–H and O–H groups in total. The van der Waals surface area contributed by atoms with Crippen LogP contribution >= 0.6 is 0 Å². The molecule has 0 aromatic carbocycles. The summed E-state index contributed by atoms with van der Waals surface area (Å²) in [5.74, 6) is 0.812. The third kappa shape index (κ3) is 6.66. The lowest BCUT2D eigenvalue weighted by Crippen LogP contribution is -2.07. The highest BCUT2D eigenvalue weighted by Crippen LogP contribution is 2.15.